The summed E-state index contributed by atoms with van der Waals surface area (Å²) in [5.74, 6) is -5.03. The number of nitrogens with zero attached hydrogens (tertiary/aromatic N) is 2. The second-order valence-electron chi connectivity index (χ2n) is 4.09. The third kappa shape index (κ3) is 27.3. The molecule has 0 aliphatic heterocycles. The lowest BCUT2D eigenvalue weighted by atomic mass is 10.5. The van der Waals surface area contributed by atoms with Crippen LogP contribution in [-0.2, 0) is 19.2 Å². The molecule has 0 atom stereocenters. The second kappa shape index (κ2) is 22.0. The van der Waals surface area contributed by atoms with E-state index >= 15 is 0 Å². The predicted octanol–water partition coefficient (Wildman–Crippen LogP) is 2.33. The molecule has 6 N–H and O–H groups in total. The smallest absolute Gasteiger partial charge is 0.328 e. The molecular formula is C16H20N2O9S4. The van der Waals surface area contributed by atoms with Crippen LogP contribution < -0.4 is 0 Å². The van der Waals surface area contributed by atoms with Crippen molar-refractivity contribution in [3.63, 3.8) is 0 Å². The number of rotatable bonds is 6. The number of carbonyl (C=O) groups is 4. The lowest BCUT2D eigenvalue weighted by Crippen LogP contribution is -1.91. The molecule has 11 nitrogen and oxygen atoms in total. The molecule has 0 aliphatic rings. The van der Waals surface area contributed by atoms with Crippen molar-refractivity contribution in [2.45, 2.75) is 8.42 Å². The summed E-state index contributed by atoms with van der Waals surface area (Å²) in [7, 11) is 0. The van der Waals surface area contributed by atoms with E-state index in [1.165, 1.54) is 31.5 Å². The van der Waals surface area contributed by atoms with Crippen LogP contribution in [0.1, 0.15) is 0 Å². The van der Waals surface area contributed by atoms with Gasteiger partial charge in [-0.25, -0.2) is 27.9 Å². The first-order chi connectivity index (χ1) is 14.1. The number of aliphatic carboxylic acids is 4. The zero-order chi connectivity index (χ0) is 23.4. The first-order valence-electron chi connectivity index (χ1n) is 7.29. The highest BCUT2D eigenvalue weighted by Gasteiger charge is 1.89. The van der Waals surface area contributed by atoms with E-state index in [4.69, 9.17) is 20.4 Å². The number of aromatic nitrogens is 2. The molecule has 0 bridgehead atoms. The fourth-order valence-electron chi connectivity index (χ4n) is 0.904. The number of hydrogen-bond donors (Lipinski definition) is 4. The quantitative estimate of drug-likeness (QED) is 0.325. The van der Waals surface area contributed by atoms with Crippen molar-refractivity contribution in [1.82, 2.24) is 8.75 Å². The van der Waals surface area contributed by atoms with Gasteiger partial charge in [-0.05, 0) is 47.7 Å². The van der Waals surface area contributed by atoms with Gasteiger partial charge in [0.1, 0.15) is 0 Å². The fourth-order valence-corrected chi connectivity index (χ4v) is 2.85. The molecule has 0 aromatic carbocycles. The Hall–Kier alpha value is -2.72. The highest BCUT2D eigenvalue weighted by Crippen LogP contribution is 2.17. The maximum absolute atomic E-state index is 9.55. The molecule has 172 valence electrons. The molecule has 2 heterocycles. The van der Waals surface area contributed by atoms with Crippen LogP contribution in [0.3, 0.4) is 0 Å². The standard InChI is InChI=1S/2C4H5NS2.2C4H4O4.H2O/c2*1-6-4-2-3-5-7-4;2*5-3(6)1-2-4(7)8;/h2*2-3H,1H3;2*1-2H,(H,5,6)(H,7,8);1H2/b;;2*2-1-;. The number of hydrogen-bond acceptors (Lipinski definition) is 10. The van der Waals surface area contributed by atoms with Crippen LogP contribution in [-0.4, -0.2) is 71.0 Å². The van der Waals surface area contributed by atoms with E-state index in [2.05, 4.69) is 8.75 Å². The average molecular weight is 513 g/mol. The van der Waals surface area contributed by atoms with Crippen molar-refractivity contribution < 1.29 is 45.1 Å². The second-order valence-corrected chi connectivity index (χ2v) is 7.97. The summed E-state index contributed by atoms with van der Waals surface area (Å²) in [4.78, 5) is 38.2. The molecule has 0 unspecified atom stereocenters. The minimum absolute atomic E-state index is 0. The topological polar surface area (TPSA) is 206 Å². The van der Waals surface area contributed by atoms with Crippen LogP contribution in [0.5, 0.6) is 0 Å². The number of carboxylic acids is 4. The minimum atomic E-state index is -1.26. The largest absolute Gasteiger partial charge is 0.478 e. The van der Waals surface area contributed by atoms with Crippen LogP contribution in [0.15, 0.2) is 57.2 Å². The van der Waals surface area contributed by atoms with E-state index < -0.39 is 23.9 Å². The molecule has 15 heteroatoms. The number of thioether (sulfide) groups is 2. The maximum atomic E-state index is 9.55. The van der Waals surface area contributed by atoms with Crippen LogP contribution in [0.4, 0.5) is 0 Å². The Morgan fingerprint density at radius 2 is 0.968 bits per heavy atom. The van der Waals surface area contributed by atoms with Crippen LogP contribution in [0.2, 0.25) is 0 Å². The molecule has 0 radical (unpaired) electrons. The molecule has 0 amide bonds. The van der Waals surface area contributed by atoms with Gasteiger partial charge in [-0.3, -0.25) is 0 Å². The van der Waals surface area contributed by atoms with E-state index in [1.54, 1.807) is 23.5 Å². The Morgan fingerprint density at radius 3 is 1.06 bits per heavy atom. The molecule has 0 aliphatic carbocycles. The molecule has 31 heavy (non-hydrogen) atoms. The van der Waals surface area contributed by atoms with Gasteiger partial charge >= 0.3 is 23.9 Å². The Balaban J connectivity index is -0.000000334. The van der Waals surface area contributed by atoms with Crippen molar-refractivity contribution in [2.75, 3.05) is 12.5 Å². The third-order valence-corrected chi connectivity index (χ3v) is 5.58. The van der Waals surface area contributed by atoms with E-state index in [0.29, 0.717) is 24.3 Å². The SMILES string of the molecule is CSc1ccns1.CSc1ccns1.O.O=C(O)/C=C\C(=O)O.O=C(O)/C=C\C(=O)O. The van der Waals surface area contributed by atoms with Gasteiger partial charge in [0.2, 0.25) is 0 Å². The summed E-state index contributed by atoms with van der Waals surface area (Å²) in [6.45, 7) is 0. The van der Waals surface area contributed by atoms with Gasteiger partial charge in [0, 0.05) is 36.7 Å². The van der Waals surface area contributed by atoms with Crippen LogP contribution in [0.25, 0.3) is 0 Å². The molecule has 2 aromatic rings. The summed E-state index contributed by atoms with van der Waals surface area (Å²) in [5.41, 5.74) is 0. The Kier molecular flexibility index (Phi) is 23.3. The van der Waals surface area contributed by atoms with Crippen molar-refractivity contribution in [1.29, 1.82) is 0 Å². The van der Waals surface area contributed by atoms with Gasteiger partial charge in [-0.2, -0.15) is 0 Å². The minimum Gasteiger partial charge on any atom is -0.478 e. The lowest BCUT2D eigenvalue weighted by molar-refractivity contribution is -0.134. The zero-order valence-corrected chi connectivity index (χ0v) is 19.3. The van der Waals surface area contributed by atoms with Gasteiger partial charge in [0.05, 0.1) is 8.42 Å². The molecule has 0 fully saturated rings. The molecule has 0 saturated carbocycles. The van der Waals surface area contributed by atoms with E-state index in [1.807, 2.05) is 37.0 Å². The normalized spacial score (nSPS) is 9.10. The highest BCUT2D eigenvalue weighted by molar-refractivity contribution is 8.00. The predicted molar refractivity (Wildman–Crippen MR) is 120 cm³/mol. The summed E-state index contributed by atoms with van der Waals surface area (Å²) < 4.78 is 10.4. The third-order valence-electron chi connectivity index (χ3n) is 1.97. The molecular weight excluding hydrogens is 492 g/mol. The van der Waals surface area contributed by atoms with Crippen molar-refractivity contribution >= 4 is 70.5 Å². The van der Waals surface area contributed by atoms with Gasteiger partial charge in [-0.15, -0.1) is 23.5 Å². The Bertz CT molecular complexity index is 707. The van der Waals surface area contributed by atoms with E-state index in [9.17, 15) is 19.2 Å². The van der Waals surface area contributed by atoms with Crippen LogP contribution in [0, 0.1) is 0 Å². The summed E-state index contributed by atoms with van der Waals surface area (Å²) in [6, 6.07) is 4.02. The summed E-state index contributed by atoms with van der Waals surface area (Å²) >= 11 is 6.53. The summed E-state index contributed by atoms with van der Waals surface area (Å²) in [5, 5.41) is 31.2. The van der Waals surface area contributed by atoms with Gasteiger partial charge in [-0.1, -0.05) is 0 Å². The highest BCUT2D eigenvalue weighted by atomic mass is 32.2. The van der Waals surface area contributed by atoms with Gasteiger partial charge < -0.3 is 25.9 Å². The number of carboxylic acid groups (broad SMARTS) is 4. The van der Waals surface area contributed by atoms with E-state index in [-0.39, 0.29) is 5.48 Å². The average Bonchev–Trinajstić information content (AvgIpc) is 3.39. The van der Waals surface area contributed by atoms with Crippen LogP contribution >= 0.6 is 46.6 Å². The Morgan fingerprint density at radius 1 is 0.710 bits per heavy atom. The van der Waals surface area contributed by atoms with E-state index in [0.717, 1.165) is 0 Å². The summed E-state index contributed by atoms with van der Waals surface area (Å²) in [6.07, 6.45) is 9.96. The van der Waals surface area contributed by atoms with Gasteiger partial charge in [0.25, 0.3) is 0 Å². The lowest BCUT2D eigenvalue weighted by Gasteiger charge is -1.76. The molecule has 0 spiro atoms. The first kappa shape index (κ1) is 32.9. The molecule has 0 saturated heterocycles. The Labute approximate surface area is 193 Å². The monoisotopic (exact) mass is 512 g/mol. The first-order valence-corrected chi connectivity index (χ1v) is 11.3. The van der Waals surface area contributed by atoms with Gasteiger partial charge in [0.15, 0.2) is 0 Å². The van der Waals surface area contributed by atoms with Crippen molar-refractivity contribution in [3.8, 4) is 0 Å². The molecule has 2 aromatic heterocycles. The maximum Gasteiger partial charge on any atom is 0.328 e. The molecule has 2 rings (SSSR count). The van der Waals surface area contributed by atoms with Crippen molar-refractivity contribution in [2.24, 2.45) is 0 Å². The zero-order valence-electron chi connectivity index (χ0n) is 16.1. The fraction of sp³-hybridized carbons (Fsp3) is 0.125. The van der Waals surface area contributed by atoms with Crippen molar-refractivity contribution in [3.05, 3.63) is 48.8 Å².